The molecule has 24 heavy (non-hydrogen) atoms. The van der Waals surface area contributed by atoms with Crippen LogP contribution >= 0.6 is 0 Å². The highest BCUT2D eigenvalue weighted by molar-refractivity contribution is 5.75. The van der Waals surface area contributed by atoms with Crippen molar-refractivity contribution in [2.24, 2.45) is 0 Å². The third kappa shape index (κ3) is 7.79. The quantitative estimate of drug-likeness (QED) is 0.643. The van der Waals surface area contributed by atoms with Crippen LogP contribution in [0.15, 0.2) is 24.3 Å². The Kier molecular flexibility index (Phi) is 8.63. The number of carbonyl (C=O) groups excluding carboxylic acids is 1. The summed E-state index contributed by atoms with van der Waals surface area (Å²) in [6, 6.07) is 8.06. The number of amides is 1. The molecule has 0 atom stereocenters. The van der Waals surface area contributed by atoms with E-state index in [2.05, 4.69) is 28.5 Å². The second-order valence-corrected chi connectivity index (χ2v) is 6.42. The highest BCUT2D eigenvalue weighted by Gasteiger charge is 2.08. The van der Waals surface area contributed by atoms with Gasteiger partial charge >= 0.3 is 0 Å². The van der Waals surface area contributed by atoms with E-state index >= 15 is 0 Å². The topological polar surface area (TPSA) is 53.6 Å². The molecule has 5 nitrogen and oxygen atoms in total. The maximum atomic E-state index is 11.8. The van der Waals surface area contributed by atoms with Gasteiger partial charge in [0.2, 0.25) is 5.91 Å². The van der Waals surface area contributed by atoms with Crippen LogP contribution in [-0.4, -0.2) is 56.7 Å². The molecule has 0 radical (unpaired) electrons. The van der Waals surface area contributed by atoms with Crippen LogP contribution in [0.3, 0.4) is 0 Å². The maximum absolute atomic E-state index is 11.8. The van der Waals surface area contributed by atoms with E-state index in [9.17, 15) is 4.79 Å². The van der Waals surface area contributed by atoms with Gasteiger partial charge in [0.05, 0.1) is 6.61 Å². The standard InChI is InChI=1S/C19H31N3O2/c1-17-6-4-7-18(16-17)24-15-3-2-8-19(23)21-9-5-12-22-13-10-20-11-14-22/h4,6-7,16,20H,2-3,5,8-15H2,1H3,(H,21,23). The molecule has 2 N–H and O–H groups in total. The third-order valence-corrected chi connectivity index (χ3v) is 4.24. The molecule has 0 bridgehead atoms. The van der Waals surface area contributed by atoms with E-state index in [0.29, 0.717) is 13.0 Å². The molecule has 1 aromatic rings. The summed E-state index contributed by atoms with van der Waals surface area (Å²) in [5.41, 5.74) is 1.20. The Hall–Kier alpha value is -1.59. The van der Waals surface area contributed by atoms with Gasteiger partial charge in [-0.3, -0.25) is 4.79 Å². The maximum Gasteiger partial charge on any atom is 0.219 e. The van der Waals surface area contributed by atoms with E-state index in [1.54, 1.807) is 0 Å². The van der Waals surface area contributed by atoms with Crippen molar-refractivity contribution in [3.63, 3.8) is 0 Å². The third-order valence-electron chi connectivity index (χ3n) is 4.24. The SMILES string of the molecule is Cc1cccc(OCCCCC(=O)NCCCN2CCNCC2)c1. The van der Waals surface area contributed by atoms with E-state index in [1.165, 1.54) is 5.56 Å². The van der Waals surface area contributed by atoms with Gasteiger partial charge in [-0.2, -0.15) is 0 Å². The molecule has 134 valence electrons. The molecule has 0 unspecified atom stereocenters. The molecule has 0 aliphatic carbocycles. The van der Waals surface area contributed by atoms with Gasteiger partial charge in [0.15, 0.2) is 0 Å². The van der Waals surface area contributed by atoms with Gasteiger partial charge in [0, 0.05) is 39.1 Å². The normalized spacial score (nSPS) is 15.2. The van der Waals surface area contributed by atoms with Crippen molar-refractivity contribution in [2.75, 3.05) is 45.9 Å². The van der Waals surface area contributed by atoms with Gasteiger partial charge < -0.3 is 20.3 Å². The molecular weight excluding hydrogens is 302 g/mol. The fourth-order valence-electron chi connectivity index (χ4n) is 2.84. The van der Waals surface area contributed by atoms with Crippen molar-refractivity contribution in [3.8, 4) is 5.75 Å². The van der Waals surface area contributed by atoms with Gasteiger partial charge in [-0.15, -0.1) is 0 Å². The Bertz CT molecular complexity index is 487. The molecule has 1 aromatic carbocycles. The average molecular weight is 333 g/mol. The zero-order chi connectivity index (χ0) is 17.0. The molecule has 0 spiro atoms. The molecule has 2 rings (SSSR count). The zero-order valence-corrected chi connectivity index (χ0v) is 14.9. The highest BCUT2D eigenvalue weighted by Crippen LogP contribution is 2.12. The van der Waals surface area contributed by atoms with E-state index < -0.39 is 0 Å². The molecule has 0 aromatic heterocycles. The van der Waals surface area contributed by atoms with E-state index in [0.717, 1.165) is 64.3 Å². The molecule has 0 saturated carbocycles. The van der Waals surface area contributed by atoms with Crippen LogP contribution < -0.4 is 15.4 Å². The first kappa shape index (κ1) is 18.7. The first-order valence-corrected chi connectivity index (χ1v) is 9.13. The summed E-state index contributed by atoms with van der Waals surface area (Å²) in [4.78, 5) is 14.2. The molecule has 1 aliphatic heterocycles. The van der Waals surface area contributed by atoms with Crippen LogP contribution in [0.5, 0.6) is 5.75 Å². The highest BCUT2D eigenvalue weighted by atomic mass is 16.5. The van der Waals surface area contributed by atoms with Gasteiger partial charge in [0.25, 0.3) is 0 Å². The zero-order valence-electron chi connectivity index (χ0n) is 14.9. The summed E-state index contributed by atoms with van der Waals surface area (Å²) in [6.07, 6.45) is 3.39. The summed E-state index contributed by atoms with van der Waals surface area (Å²) in [5.74, 6) is 1.07. The molecular formula is C19H31N3O2. The monoisotopic (exact) mass is 333 g/mol. The lowest BCUT2D eigenvalue weighted by atomic mass is 10.2. The predicted octanol–water partition coefficient (Wildman–Crippen LogP) is 1.96. The number of piperazine rings is 1. The number of aryl methyl sites for hydroxylation is 1. The number of nitrogens with one attached hydrogen (secondary N) is 2. The molecule has 1 saturated heterocycles. The van der Waals surface area contributed by atoms with Crippen LogP contribution in [0, 0.1) is 6.92 Å². The number of carbonyl (C=O) groups is 1. The van der Waals surface area contributed by atoms with Crippen LogP contribution in [0.4, 0.5) is 0 Å². The molecule has 1 amide bonds. The summed E-state index contributed by atoms with van der Waals surface area (Å²) >= 11 is 0. The average Bonchev–Trinajstić information content (AvgIpc) is 2.59. The smallest absolute Gasteiger partial charge is 0.219 e. The number of hydrogen-bond acceptors (Lipinski definition) is 4. The number of unbranched alkanes of at least 4 members (excludes halogenated alkanes) is 1. The summed E-state index contributed by atoms with van der Waals surface area (Å²) in [5, 5.41) is 6.36. The van der Waals surface area contributed by atoms with Crippen molar-refractivity contribution in [1.82, 2.24) is 15.5 Å². The van der Waals surface area contributed by atoms with Crippen molar-refractivity contribution < 1.29 is 9.53 Å². The number of benzene rings is 1. The van der Waals surface area contributed by atoms with E-state index in [4.69, 9.17) is 4.74 Å². The van der Waals surface area contributed by atoms with Crippen LogP contribution in [0.2, 0.25) is 0 Å². The lowest BCUT2D eigenvalue weighted by Gasteiger charge is -2.27. The molecule has 1 fully saturated rings. The Morgan fingerprint density at radius 3 is 2.88 bits per heavy atom. The second-order valence-electron chi connectivity index (χ2n) is 6.42. The summed E-state index contributed by atoms with van der Waals surface area (Å²) in [6.45, 7) is 8.98. The van der Waals surface area contributed by atoms with Gasteiger partial charge in [-0.1, -0.05) is 12.1 Å². The fourth-order valence-corrected chi connectivity index (χ4v) is 2.84. The first-order chi connectivity index (χ1) is 11.7. The van der Waals surface area contributed by atoms with E-state index in [-0.39, 0.29) is 5.91 Å². The van der Waals surface area contributed by atoms with Crippen LogP contribution in [0.25, 0.3) is 0 Å². The van der Waals surface area contributed by atoms with Crippen molar-refractivity contribution in [3.05, 3.63) is 29.8 Å². The van der Waals surface area contributed by atoms with E-state index in [1.807, 2.05) is 18.2 Å². The molecule has 1 aliphatic rings. The number of ether oxygens (including phenoxy) is 1. The summed E-state index contributed by atoms with van der Waals surface area (Å²) < 4.78 is 5.69. The Balaban J connectivity index is 1.43. The first-order valence-electron chi connectivity index (χ1n) is 9.13. The lowest BCUT2D eigenvalue weighted by Crippen LogP contribution is -2.44. The van der Waals surface area contributed by atoms with Crippen molar-refractivity contribution in [1.29, 1.82) is 0 Å². The predicted molar refractivity (Wildman–Crippen MR) is 97.5 cm³/mol. The minimum absolute atomic E-state index is 0.158. The van der Waals surface area contributed by atoms with Gasteiger partial charge in [0.1, 0.15) is 5.75 Å². The Morgan fingerprint density at radius 1 is 1.25 bits per heavy atom. The van der Waals surface area contributed by atoms with Gasteiger partial charge in [-0.25, -0.2) is 0 Å². The van der Waals surface area contributed by atoms with Crippen LogP contribution in [0.1, 0.15) is 31.2 Å². The number of rotatable bonds is 10. The molecule has 1 heterocycles. The minimum atomic E-state index is 0.158. The van der Waals surface area contributed by atoms with Crippen molar-refractivity contribution in [2.45, 2.75) is 32.6 Å². The Labute approximate surface area is 145 Å². The summed E-state index contributed by atoms with van der Waals surface area (Å²) in [7, 11) is 0. The van der Waals surface area contributed by atoms with Crippen LogP contribution in [-0.2, 0) is 4.79 Å². The Morgan fingerprint density at radius 2 is 2.08 bits per heavy atom. The largest absolute Gasteiger partial charge is 0.494 e. The molecule has 5 heteroatoms. The van der Waals surface area contributed by atoms with Gasteiger partial charge in [-0.05, 0) is 50.4 Å². The number of hydrogen-bond donors (Lipinski definition) is 2. The fraction of sp³-hybridized carbons (Fsp3) is 0.632. The lowest BCUT2D eigenvalue weighted by molar-refractivity contribution is -0.121. The minimum Gasteiger partial charge on any atom is -0.494 e. The second kappa shape index (κ2) is 11.0. The van der Waals surface area contributed by atoms with Crippen molar-refractivity contribution >= 4 is 5.91 Å². The number of nitrogens with zero attached hydrogens (tertiary/aromatic N) is 1.